The molecule has 0 radical (unpaired) electrons. The lowest BCUT2D eigenvalue weighted by Crippen LogP contribution is -2.25. The minimum Gasteiger partial charge on any atom is -0.436 e. The summed E-state index contributed by atoms with van der Waals surface area (Å²) >= 11 is 0. The number of allylic oxidation sites excluding steroid dienone is 1. The van der Waals surface area contributed by atoms with Crippen LogP contribution in [0.1, 0.15) is 27.2 Å². The van der Waals surface area contributed by atoms with Crippen LogP contribution in [0, 0.1) is 11.6 Å². The monoisotopic (exact) mass is 346 g/mol. The molecule has 0 amide bonds. The van der Waals surface area contributed by atoms with E-state index in [0.717, 1.165) is 17.8 Å². The molecule has 0 saturated heterocycles. The average Bonchev–Trinajstić information content (AvgIpc) is 2.95. The highest BCUT2D eigenvalue weighted by Crippen LogP contribution is 2.22. The second-order valence-corrected chi connectivity index (χ2v) is 5.10. The number of amidine groups is 1. The molecule has 132 valence electrons. The summed E-state index contributed by atoms with van der Waals surface area (Å²) in [6.45, 7) is 6.22. The number of nitrogens with two attached hydrogens (primary N) is 1. The van der Waals surface area contributed by atoms with E-state index in [9.17, 15) is 8.78 Å². The van der Waals surface area contributed by atoms with Crippen LogP contribution in [-0.2, 0) is 0 Å². The first-order valence-corrected chi connectivity index (χ1v) is 7.95. The third kappa shape index (κ3) is 4.37. The Kier molecular flexibility index (Phi) is 6.16. The van der Waals surface area contributed by atoms with Gasteiger partial charge in [-0.25, -0.2) is 18.8 Å². The molecule has 0 bridgehead atoms. The first kappa shape index (κ1) is 18.5. The molecular formula is C18H20F2N4O. The van der Waals surface area contributed by atoms with Gasteiger partial charge in [0.1, 0.15) is 17.4 Å². The number of hydrogen-bond donors (Lipinski definition) is 1. The smallest absolute Gasteiger partial charge is 0.215 e. The van der Waals surface area contributed by atoms with Gasteiger partial charge in [0.25, 0.3) is 0 Å². The van der Waals surface area contributed by atoms with Crippen molar-refractivity contribution >= 4 is 17.3 Å². The molecule has 1 aromatic carbocycles. The number of aliphatic imine (C=N–C) groups is 3. The normalized spacial score (nSPS) is 16.9. The zero-order valence-electron chi connectivity index (χ0n) is 14.4. The van der Waals surface area contributed by atoms with Gasteiger partial charge in [0.2, 0.25) is 5.88 Å². The van der Waals surface area contributed by atoms with Crippen molar-refractivity contribution in [3.8, 4) is 5.75 Å². The van der Waals surface area contributed by atoms with Gasteiger partial charge in [-0.1, -0.05) is 6.92 Å². The van der Waals surface area contributed by atoms with E-state index in [2.05, 4.69) is 15.0 Å². The molecule has 5 nitrogen and oxygen atoms in total. The quantitative estimate of drug-likeness (QED) is 0.629. The summed E-state index contributed by atoms with van der Waals surface area (Å²) < 4.78 is 32.2. The summed E-state index contributed by atoms with van der Waals surface area (Å²) in [5.74, 6) is -1.27. The van der Waals surface area contributed by atoms with Gasteiger partial charge in [-0.2, -0.15) is 0 Å². The maximum absolute atomic E-state index is 13.8. The summed E-state index contributed by atoms with van der Waals surface area (Å²) in [5.41, 5.74) is 7.87. The van der Waals surface area contributed by atoms with E-state index in [4.69, 9.17) is 10.5 Å². The molecule has 0 aliphatic carbocycles. The Hall–Kier alpha value is -2.83. The van der Waals surface area contributed by atoms with Crippen LogP contribution in [-0.4, -0.2) is 23.8 Å². The Morgan fingerprint density at radius 2 is 2.08 bits per heavy atom. The predicted molar refractivity (Wildman–Crippen MR) is 96.2 cm³/mol. The fourth-order valence-corrected chi connectivity index (χ4v) is 2.23. The first-order chi connectivity index (χ1) is 12.0. The van der Waals surface area contributed by atoms with Crippen molar-refractivity contribution in [3.63, 3.8) is 0 Å². The van der Waals surface area contributed by atoms with E-state index in [1.54, 1.807) is 19.2 Å². The van der Waals surface area contributed by atoms with Crippen LogP contribution in [0.15, 0.2) is 56.9 Å². The number of benzene rings is 1. The van der Waals surface area contributed by atoms with E-state index in [1.807, 2.05) is 13.8 Å². The summed E-state index contributed by atoms with van der Waals surface area (Å²) in [6.07, 6.45) is 3.86. The summed E-state index contributed by atoms with van der Waals surface area (Å²) in [7, 11) is 0. The number of hydrogen-bond acceptors (Lipinski definition) is 5. The molecule has 0 spiro atoms. The topological polar surface area (TPSA) is 72.3 Å². The van der Waals surface area contributed by atoms with E-state index in [-0.39, 0.29) is 17.5 Å². The van der Waals surface area contributed by atoms with Crippen LogP contribution in [0.25, 0.3) is 0 Å². The highest BCUT2D eigenvalue weighted by atomic mass is 19.1. The molecule has 0 atom stereocenters. The molecule has 25 heavy (non-hydrogen) atoms. The highest BCUT2D eigenvalue weighted by molar-refractivity contribution is 6.55. The molecule has 0 saturated carbocycles. The second-order valence-electron chi connectivity index (χ2n) is 5.10. The highest BCUT2D eigenvalue weighted by Gasteiger charge is 2.22. The summed E-state index contributed by atoms with van der Waals surface area (Å²) in [6, 6.07) is 3.06. The Labute approximate surface area is 145 Å². The molecule has 1 heterocycles. The van der Waals surface area contributed by atoms with Crippen LogP contribution in [0.2, 0.25) is 0 Å². The van der Waals surface area contributed by atoms with Crippen molar-refractivity contribution in [2.75, 3.05) is 6.54 Å². The molecule has 1 aliphatic heterocycles. The molecular weight excluding hydrogens is 326 g/mol. The van der Waals surface area contributed by atoms with Crippen molar-refractivity contribution in [1.29, 1.82) is 0 Å². The van der Waals surface area contributed by atoms with E-state index < -0.39 is 11.6 Å². The van der Waals surface area contributed by atoms with E-state index in [0.29, 0.717) is 24.3 Å². The van der Waals surface area contributed by atoms with Gasteiger partial charge >= 0.3 is 0 Å². The Morgan fingerprint density at radius 1 is 1.32 bits per heavy atom. The fraction of sp³-hybridized carbons (Fsp3) is 0.278. The Balaban J connectivity index is 2.32. The molecule has 1 aliphatic rings. The predicted octanol–water partition coefficient (Wildman–Crippen LogP) is 3.77. The fourth-order valence-electron chi connectivity index (χ4n) is 2.23. The van der Waals surface area contributed by atoms with Crippen LogP contribution in [0.5, 0.6) is 5.75 Å². The maximum Gasteiger partial charge on any atom is 0.215 e. The van der Waals surface area contributed by atoms with Gasteiger partial charge in [0.05, 0.1) is 0 Å². The van der Waals surface area contributed by atoms with Gasteiger partial charge in [-0.15, -0.1) is 0 Å². The number of rotatable bonds is 6. The summed E-state index contributed by atoms with van der Waals surface area (Å²) in [5, 5.41) is 0. The molecule has 2 rings (SSSR count). The zero-order valence-corrected chi connectivity index (χ0v) is 14.4. The maximum atomic E-state index is 13.8. The number of halogens is 2. The average molecular weight is 346 g/mol. The second kappa shape index (κ2) is 8.32. The summed E-state index contributed by atoms with van der Waals surface area (Å²) in [4.78, 5) is 12.9. The molecule has 2 N–H and O–H groups in total. The molecule has 7 heteroatoms. The SMILES string of the molecule is CC=C(N=C1C(C(CC)=NCC)=CN=C1N)Oc1ccc(F)cc1F. The molecule has 1 aromatic rings. The van der Waals surface area contributed by atoms with Crippen LogP contribution in [0.4, 0.5) is 8.78 Å². The van der Waals surface area contributed by atoms with Gasteiger partial charge in [0.15, 0.2) is 11.6 Å². The lowest BCUT2D eigenvalue weighted by molar-refractivity contribution is 0.389. The minimum atomic E-state index is -0.815. The number of ether oxygens (including phenoxy) is 1. The lowest BCUT2D eigenvalue weighted by atomic mass is 10.0. The largest absolute Gasteiger partial charge is 0.436 e. The van der Waals surface area contributed by atoms with E-state index in [1.165, 1.54) is 6.07 Å². The molecule has 0 unspecified atom stereocenters. The lowest BCUT2D eigenvalue weighted by Gasteiger charge is -2.10. The van der Waals surface area contributed by atoms with E-state index >= 15 is 0 Å². The van der Waals surface area contributed by atoms with Gasteiger partial charge in [-0.05, 0) is 38.5 Å². The van der Waals surface area contributed by atoms with Crippen molar-refractivity contribution in [2.24, 2.45) is 20.7 Å². The third-order valence-corrected chi connectivity index (χ3v) is 3.40. The molecule has 0 fully saturated rings. The van der Waals surface area contributed by atoms with Crippen LogP contribution in [0.3, 0.4) is 0 Å². The van der Waals surface area contributed by atoms with Gasteiger partial charge in [0, 0.05) is 30.1 Å². The zero-order chi connectivity index (χ0) is 18.4. The van der Waals surface area contributed by atoms with Crippen LogP contribution >= 0.6 is 0 Å². The van der Waals surface area contributed by atoms with Crippen molar-refractivity contribution < 1.29 is 13.5 Å². The van der Waals surface area contributed by atoms with Crippen molar-refractivity contribution in [2.45, 2.75) is 27.2 Å². The number of nitrogens with zero attached hydrogens (tertiary/aromatic N) is 3. The minimum absolute atomic E-state index is 0.124. The Morgan fingerprint density at radius 3 is 2.68 bits per heavy atom. The van der Waals surface area contributed by atoms with Gasteiger partial charge in [-0.3, -0.25) is 4.99 Å². The first-order valence-electron chi connectivity index (χ1n) is 7.95. The standard InChI is InChI=1S/C18H20F2N4O/c1-4-14(22-6-3)12-10-23-18(21)17(12)24-16(5-2)25-15-8-7-11(19)9-13(15)20/h5,7-10H,4,6H2,1-3H3,(H2,21,23,24). The van der Waals surface area contributed by atoms with Gasteiger partial charge < -0.3 is 10.5 Å². The van der Waals surface area contributed by atoms with Crippen LogP contribution < -0.4 is 10.5 Å². The molecule has 0 aromatic heterocycles. The van der Waals surface area contributed by atoms with Crippen molar-refractivity contribution in [1.82, 2.24) is 0 Å². The Bertz CT molecular complexity index is 807. The van der Waals surface area contributed by atoms with Crippen molar-refractivity contribution in [3.05, 3.63) is 53.6 Å². The third-order valence-electron chi connectivity index (χ3n) is 3.40.